The van der Waals surface area contributed by atoms with Crippen LogP contribution in [0.15, 0.2) is 12.2 Å². The van der Waals surface area contributed by atoms with Gasteiger partial charge in [-0.05, 0) is 144 Å². The Balaban J connectivity index is 1.21. The lowest BCUT2D eigenvalue weighted by molar-refractivity contribution is -0.252. The van der Waals surface area contributed by atoms with E-state index in [-0.39, 0.29) is 69.1 Å². The zero-order valence-corrected chi connectivity index (χ0v) is 38.2. The summed E-state index contributed by atoms with van der Waals surface area (Å²) in [6.45, 7) is 29.2. The second kappa shape index (κ2) is 16.0. The molecule has 5 saturated carbocycles. The summed E-state index contributed by atoms with van der Waals surface area (Å²) in [5.41, 5.74) is 0.647. The van der Waals surface area contributed by atoms with Crippen molar-refractivity contribution in [1.29, 1.82) is 0 Å². The lowest BCUT2D eigenvalue weighted by Gasteiger charge is -2.73. The lowest BCUT2D eigenvalue weighted by Crippen LogP contribution is -2.67. The standard InChI is InChI=1S/C48H78N2O8/c1-29(27-49-41(53)30(2)40(55-13)35-15-14-26-50(35)42(54)58-43(5,6)7)33-18-23-48(28-56-31(3)51)25-24-46(11)34(39(33)48)16-17-37-45(10)21-20-38(57-32(4)52)44(8,9)36(45)19-22-47(37,46)12/h30,33-40H,1,14-28H2,2-13H3,(H,49,53)/t30-,33+,34-,35+,36+,37-,38+,39-,40-,45+,46-,47-,48-/m1/s1. The Bertz CT molecular complexity index is 1600. The number of fused-ring (bicyclic) bond motifs is 7. The Hall–Kier alpha value is -2.62. The number of nitrogens with zero attached hydrogens (tertiary/aromatic N) is 1. The molecular formula is C48H78N2O8. The quantitative estimate of drug-likeness (QED) is 0.132. The molecular weight excluding hydrogens is 733 g/mol. The predicted octanol–water partition coefficient (Wildman–Crippen LogP) is 9.29. The van der Waals surface area contributed by atoms with Crippen LogP contribution in [0.4, 0.5) is 4.79 Å². The summed E-state index contributed by atoms with van der Waals surface area (Å²) in [6.07, 6.45) is 11.4. The van der Waals surface area contributed by atoms with Crippen LogP contribution in [-0.4, -0.2) is 79.5 Å². The van der Waals surface area contributed by atoms with Crippen molar-refractivity contribution >= 4 is 23.9 Å². The third-order valence-corrected chi connectivity index (χ3v) is 17.9. The number of rotatable bonds is 10. The Kier molecular flexibility index (Phi) is 12.4. The number of hydrogen-bond donors (Lipinski definition) is 1. The van der Waals surface area contributed by atoms with Crippen LogP contribution < -0.4 is 5.32 Å². The smallest absolute Gasteiger partial charge is 0.410 e. The summed E-state index contributed by atoms with van der Waals surface area (Å²) in [5, 5.41) is 3.26. The molecule has 10 nitrogen and oxygen atoms in total. The maximum atomic E-state index is 13.9. The van der Waals surface area contributed by atoms with E-state index in [1.165, 1.54) is 13.3 Å². The topological polar surface area (TPSA) is 120 Å². The minimum atomic E-state index is -0.610. The highest BCUT2D eigenvalue weighted by molar-refractivity contribution is 5.79. The lowest BCUT2D eigenvalue weighted by atomic mass is 9.32. The van der Waals surface area contributed by atoms with E-state index in [2.05, 4.69) is 39.9 Å². The molecule has 1 N–H and O–H groups in total. The average molecular weight is 811 g/mol. The first-order chi connectivity index (χ1) is 27.0. The molecule has 1 aliphatic heterocycles. The highest BCUT2D eigenvalue weighted by atomic mass is 16.6. The monoisotopic (exact) mass is 811 g/mol. The van der Waals surface area contributed by atoms with Gasteiger partial charge in [-0.1, -0.05) is 53.7 Å². The molecule has 328 valence electrons. The average Bonchev–Trinajstić information content (AvgIpc) is 3.77. The van der Waals surface area contributed by atoms with Crippen molar-refractivity contribution < 1.29 is 38.1 Å². The molecule has 2 amide bonds. The second-order valence-electron chi connectivity index (χ2n) is 22.2. The normalized spacial score (nSPS) is 40.1. The number of hydrogen-bond acceptors (Lipinski definition) is 8. The van der Waals surface area contributed by atoms with Crippen molar-refractivity contribution in [3.8, 4) is 0 Å². The molecule has 6 fully saturated rings. The summed E-state index contributed by atoms with van der Waals surface area (Å²) in [6, 6.07) is -0.246. The fourth-order valence-electron chi connectivity index (χ4n) is 15.1. The van der Waals surface area contributed by atoms with Crippen LogP contribution in [0.2, 0.25) is 0 Å². The van der Waals surface area contributed by atoms with Crippen LogP contribution in [0.5, 0.6) is 0 Å². The highest BCUT2D eigenvalue weighted by Crippen LogP contribution is 2.77. The molecule has 0 aromatic rings. The zero-order valence-electron chi connectivity index (χ0n) is 38.2. The first-order valence-corrected chi connectivity index (χ1v) is 22.7. The van der Waals surface area contributed by atoms with Crippen LogP contribution in [0, 0.1) is 62.6 Å². The van der Waals surface area contributed by atoms with Gasteiger partial charge in [0.2, 0.25) is 5.91 Å². The van der Waals surface area contributed by atoms with Gasteiger partial charge in [0.05, 0.1) is 24.7 Å². The largest absolute Gasteiger partial charge is 0.465 e. The summed E-state index contributed by atoms with van der Waals surface area (Å²) >= 11 is 0. The third kappa shape index (κ3) is 7.65. The van der Waals surface area contributed by atoms with E-state index in [1.807, 2.05) is 27.7 Å². The number of likely N-dealkylation sites (tertiary alicyclic amines) is 1. The van der Waals surface area contributed by atoms with Crippen molar-refractivity contribution in [3.63, 3.8) is 0 Å². The first kappa shape index (κ1) is 44.9. The van der Waals surface area contributed by atoms with Crippen LogP contribution in [0.3, 0.4) is 0 Å². The van der Waals surface area contributed by atoms with Crippen LogP contribution in [-0.2, 0) is 33.3 Å². The third-order valence-electron chi connectivity index (χ3n) is 17.9. The Morgan fingerprint density at radius 2 is 1.55 bits per heavy atom. The maximum absolute atomic E-state index is 13.9. The van der Waals surface area contributed by atoms with Gasteiger partial charge < -0.3 is 29.2 Å². The number of methoxy groups -OCH3 is 1. The first-order valence-electron chi connectivity index (χ1n) is 22.7. The summed E-state index contributed by atoms with van der Waals surface area (Å²) in [7, 11) is 1.62. The van der Waals surface area contributed by atoms with E-state index in [4.69, 9.17) is 25.5 Å². The van der Waals surface area contributed by atoms with Gasteiger partial charge in [0.1, 0.15) is 11.7 Å². The summed E-state index contributed by atoms with van der Waals surface area (Å²) in [5.74, 6) is 1.02. The molecule has 0 unspecified atom stereocenters. The van der Waals surface area contributed by atoms with Gasteiger partial charge in [0, 0.05) is 44.9 Å². The fraction of sp³-hybridized carbons (Fsp3) is 0.875. The molecule has 58 heavy (non-hydrogen) atoms. The molecule has 6 aliphatic rings. The van der Waals surface area contributed by atoms with E-state index in [9.17, 15) is 19.2 Å². The highest BCUT2D eigenvalue weighted by Gasteiger charge is 2.71. The van der Waals surface area contributed by atoms with E-state index >= 15 is 0 Å². The molecule has 0 bridgehead atoms. The van der Waals surface area contributed by atoms with Gasteiger partial charge in [-0.3, -0.25) is 14.4 Å². The molecule has 0 spiro atoms. The number of esters is 2. The Labute approximate surface area is 350 Å². The molecule has 1 saturated heterocycles. The van der Waals surface area contributed by atoms with Crippen LogP contribution in [0.25, 0.3) is 0 Å². The van der Waals surface area contributed by atoms with Gasteiger partial charge >= 0.3 is 18.0 Å². The predicted molar refractivity (Wildman–Crippen MR) is 224 cm³/mol. The molecule has 0 aromatic carbocycles. The minimum absolute atomic E-state index is 0.0420. The molecule has 5 aliphatic carbocycles. The molecule has 10 heteroatoms. The zero-order chi connectivity index (χ0) is 42.8. The van der Waals surface area contributed by atoms with E-state index in [0.29, 0.717) is 43.4 Å². The van der Waals surface area contributed by atoms with Crippen molar-refractivity contribution in [1.82, 2.24) is 10.2 Å². The minimum Gasteiger partial charge on any atom is -0.465 e. The van der Waals surface area contributed by atoms with E-state index in [0.717, 1.165) is 76.2 Å². The molecule has 6 rings (SSSR count). The van der Waals surface area contributed by atoms with Crippen molar-refractivity contribution in [2.45, 2.75) is 177 Å². The number of nitrogens with one attached hydrogen (secondary N) is 1. The number of ether oxygens (including phenoxy) is 4. The van der Waals surface area contributed by atoms with Crippen LogP contribution in [0.1, 0.15) is 153 Å². The van der Waals surface area contributed by atoms with Crippen LogP contribution >= 0.6 is 0 Å². The maximum Gasteiger partial charge on any atom is 0.410 e. The van der Waals surface area contributed by atoms with Crippen molar-refractivity contribution in [2.75, 3.05) is 26.8 Å². The fourth-order valence-corrected chi connectivity index (χ4v) is 15.1. The number of carbonyl (C=O) groups excluding carboxylic acids is 4. The van der Waals surface area contributed by atoms with Gasteiger partial charge in [0.25, 0.3) is 0 Å². The van der Waals surface area contributed by atoms with Gasteiger partial charge in [-0.15, -0.1) is 0 Å². The van der Waals surface area contributed by atoms with E-state index < -0.39 is 17.6 Å². The molecule has 1 heterocycles. The molecule has 13 atom stereocenters. The second-order valence-corrected chi connectivity index (χ2v) is 22.2. The summed E-state index contributed by atoms with van der Waals surface area (Å²) in [4.78, 5) is 53.3. The van der Waals surface area contributed by atoms with Gasteiger partial charge in [-0.25, -0.2) is 4.79 Å². The Morgan fingerprint density at radius 1 is 0.845 bits per heavy atom. The Morgan fingerprint density at radius 3 is 2.19 bits per heavy atom. The van der Waals surface area contributed by atoms with Crippen molar-refractivity contribution in [2.24, 2.45) is 62.6 Å². The molecule has 0 aromatic heterocycles. The SMILES string of the molecule is C=C(CNC(=O)[C@H](C)[C@@H](OC)[C@@H]1CCCN1C(=O)OC(C)(C)C)[C@@H]1CC[C@]2(COC(C)=O)CC[C@]3(C)[C@H](CC[C@@H]4[C@@]5(C)CC[C@H](OC(C)=O)C(C)(C)[C@@H]5CC[C@]43C)[C@@H]12. The van der Waals surface area contributed by atoms with Gasteiger partial charge in [0.15, 0.2) is 0 Å². The van der Waals surface area contributed by atoms with Crippen molar-refractivity contribution in [3.05, 3.63) is 12.2 Å². The van der Waals surface area contributed by atoms with E-state index in [1.54, 1.807) is 18.9 Å². The molecule has 0 radical (unpaired) electrons. The summed E-state index contributed by atoms with van der Waals surface area (Å²) < 4.78 is 23.6. The number of carbonyl (C=O) groups is 4. The van der Waals surface area contributed by atoms with Gasteiger partial charge in [-0.2, -0.15) is 0 Å². The number of amides is 2.